The molecule has 1 atom stereocenters. The van der Waals surface area contributed by atoms with Gasteiger partial charge in [0.25, 0.3) is 0 Å². The minimum atomic E-state index is -0.417. The fraction of sp³-hybridized carbons (Fsp3) is 0.583. The Labute approximate surface area is 115 Å². The standard InChI is InChI=1S/C12H18N2O4S/c1-8(2)6-10(12(15)18-3)13-7-9-4-5-11(19-9)14(16)17/h4-5,8,10,13H,6-7H2,1-3H3. The van der Waals surface area contributed by atoms with Gasteiger partial charge in [-0.25, -0.2) is 0 Å². The van der Waals surface area contributed by atoms with E-state index >= 15 is 0 Å². The molecule has 0 spiro atoms. The van der Waals surface area contributed by atoms with E-state index in [2.05, 4.69) is 5.32 Å². The number of nitrogens with one attached hydrogen (secondary N) is 1. The summed E-state index contributed by atoms with van der Waals surface area (Å²) in [7, 11) is 1.35. The van der Waals surface area contributed by atoms with Crippen LogP contribution in [0.3, 0.4) is 0 Å². The maximum absolute atomic E-state index is 11.6. The van der Waals surface area contributed by atoms with Gasteiger partial charge in [0.1, 0.15) is 6.04 Å². The zero-order valence-electron chi connectivity index (χ0n) is 11.2. The molecular weight excluding hydrogens is 268 g/mol. The maximum Gasteiger partial charge on any atom is 0.324 e. The topological polar surface area (TPSA) is 81.5 Å². The number of thiophene rings is 1. The number of esters is 1. The van der Waals surface area contributed by atoms with Crippen LogP contribution < -0.4 is 5.32 Å². The lowest BCUT2D eigenvalue weighted by atomic mass is 10.0. The Kier molecular flexibility index (Phi) is 5.91. The number of carbonyl (C=O) groups excluding carboxylic acids is 1. The lowest BCUT2D eigenvalue weighted by molar-refractivity contribution is -0.380. The van der Waals surface area contributed by atoms with Crippen molar-refractivity contribution in [1.29, 1.82) is 0 Å². The molecular formula is C12H18N2O4S. The van der Waals surface area contributed by atoms with Gasteiger partial charge in [0.15, 0.2) is 0 Å². The Bertz CT molecular complexity index is 445. The smallest absolute Gasteiger partial charge is 0.324 e. The molecule has 0 aliphatic heterocycles. The molecule has 0 radical (unpaired) electrons. The third-order valence-electron chi connectivity index (χ3n) is 2.54. The van der Waals surface area contributed by atoms with Gasteiger partial charge in [0, 0.05) is 17.5 Å². The van der Waals surface area contributed by atoms with Crippen LogP contribution in [0, 0.1) is 16.0 Å². The number of carbonyl (C=O) groups is 1. The Hall–Kier alpha value is -1.47. The molecule has 0 fully saturated rings. The van der Waals surface area contributed by atoms with Crippen LogP contribution in [0.2, 0.25) is 0 Å². The molecule has 1 unspecified atom stereocenters. The first kappa shape index (κ1) is 15.6. The number of ether oxygens (including phenoxy) is 1. The van der Waals surface area contributed by atoms with Crippen molar-refractivity contribution in [3.63, 3.8) is 0 Å². The average molecular weight is 286 g/mol. The van der Waals surface area contributed by atoms with E-state index in [0.717, 1.165) is 16.2 Å². The summed E-state index contributed by atoms with van der Waals surface area (Å²) < 4.78 is 4.74. The van der Waals surface area contributed by atoms with Crippen LogP contribution >= 0.6 is 11.3 Å². The molecule has 1 N–H and O–H groups in total. The second-order valence-electron chi connectivity index (χ2n) is 4.58. The Morgan fingerprint density at radius 1 is 1.53 bits per heavy atom. The molecule has 106 valence electrons. The quantitative estimate of drug-likeness (QED) is 0.472. The molecule has 0 saturated heterocycles. The van der Waals surface area contributed by atoms with Gasteiger partial charge < -0.3 is 4.74 Å². The van der Waals surface area contributed by atoms with E-state index in [0.29, 0.717) is 18.9 Å². The summed E-state index contributed by atoms with van der Waals surface area (Å²) in [5.74, 6) is 0.0500. The molecule has 0 aliphatic carbocycles. The van der Waals surface area contributed by atoms with Crippen molar-refractivity contribution in [1.82, 2.24) is 5.32 Å². The first-order valence-corrected chi connectivity index (χ1v) is 6.80. The Balaban J connectivity index is 2.59. The molecule has 0 bridgehead atoms. The summed E-state index contributed by atoms with van der Waals surface area (Å²) in [6.45, 7) is 4.46. The molecule has 1 aromatic heterocycles. The molecule has 1 aromatic rings. The summed E-state index contributed by atoms with van der Waals surface area (Å²) in [6.07, 6.45) is 0.667. The third kappa shape index (κ3) is 4.96. The second kappa shape index (κ2) is 7.20. The molecule has 1 heterocycles. The van der Waals surface area contributed by atoms with Gasteiger partial charge in [-0.3, -0.25) is 20.2 Å². The molecule has 0 aliphatic rings. The van der Waals surface area contributed by atoms with Crippen LogP contribution in [0.5, 0.6) is 0 Å². The largest absolute Gasteiger partial charge is 0.468 e. The van der Waals surface area contributed by atoms with Crippen LogP contribution in [-0.4, -0.2) is 24.0 Å². The summed E-state index contributed by atoms with van der Waals surface area (Å²) in [5.41, 5.74) is 0. The predicted molar refractivity (Wildman–Crippen MR) is 73.1 cm³/mol. The van der Waals surface area contributed by atoms with E-state index in [4.69, 9.17) is 4.74 Å². The van der Waals surface area contributed by atoms with Gasteiger partial charge in [-0.1, -0.05) is 25.2 Å². The van der Waals surface area contributed by atoms with E-state index in [-0.39, 0.29) is 17.0 Å². The van der Waals surface area contributed by atoms with Crippen molar-refractivity contribution in [3.05, 3.63) is 27.1 Å². The van der Waals surface area contributed by atoms with E-state index in [9.17, 15) is 14.9 Å². The number of rotatable bonds is 7. The van der Waals surface area contributed by atoms with Crippen LogP contribution in [0.15, 0.2) is 12.1 Å². The summed E-state index contributed by atoms with van der Waals surface area (Å²) in [6, 6.07) is 2.78. The normalized spacial score (nSPS) is 12.4. The van der Waals surface area contributed by atoms with Crippen molar-refractivity contribution in [3.8, 4) is 0 Å². The first-order chi connectivity index (χ1) is 8.93. The van der Waals surface area contributed by atoms with Crippen molar-refractivity contribution in [2.75, 3.05) is 7.11 Å². The second-order valence-corrected chi connectivity index (χ2v) is 5.73. The highest BCUT2D eigenvalue weighted by Gasteiger charge is 2.20. The molecule has 0 saturated carbocycles. The van der Waals surface area contributed by atoms with E-state index in [1.165, 1.54) is 13.2 Å². The van der Waals surface area contributed by atoms with Crippen LogP contribution in [0.4, 0.5) is 5.00 Å². The fourth-order valence-corrected chi connectivity index (χ4v) is 2.43. The van der Waals surface area contributed by atoms with Gasteiger partial charge in [-0.15, -0.1) is 0 Å². The third-order valence-corrected chi connectivity index (χ3v) is 3.58. The molecule has 0 aromatic carbocycles. The summed E-state index contributed by atoms with van der Waals surface area (Å²) >= 11 is 1.11. The lowest BCUT2D eigenvalue weighted by Crippen LogP contribution is -2.38. The van der Waals surface area contributed by atoms with Crippen molar-refractivity contribution in [2.24, 2.45) is 5.92 Å². The predicted octanol–water partition coefficient (Wildman–Crippen LogP) is 2.33. The minimum Gasteiger partial charge on any atom is -0.468 e. The minimum absolute atomic E-state index is 0.107. The van der Waals surface area contributed by atoms with Crippen LogP contribution in [0.25, 0.3) is 0 Å². The zero-order chi connectivity index (χ0) is 14.4. The number of nitro groups is 1. The fourth-order valence-electron chi connectivity index (χ4n) is 1.66. The first-order valence-electron chi connectivity index (χ1n) is 5.98. The number of hydrogen-bond acceptors (Lipinski definition) is 6. The zero-order valence-corrected chi connectivity index (χ0v) is 12.0. The lowest BCUT2D eigenvalue weighted by Gasteiger charge is -2.17. The van der Waals surface area contributed by atoms with Gasteiger partial charge in [-0.2, -0.15) is 0 Å². The monoisotopic (exact) mass is 286 g/mol. The number of nitrogens with zero attached hydrogens (tertiary/aromatic N) is 1. The van der Waals surface area contributed by atoms with E-state index in [1.54, 1.807) is 6.07 Å². The number of hydrogen-bond donors (Lipinski definition) is 1. The average Bonchev–Trinajstić information content (AvgIpc) is 2.82. The highest BCUT2D eigenvalue weighted by Crippen LogP contribution is 2.23. The highest BCUT2D eigenvalue weighted by atomic mass is 32.1. The van der Waals surface area contributed by atoms with Gasteiger partial charge in [0.05, 0.1) is 12.0 Å². The van der Waals surface area contributed by atoms with Crippen molar-refractivity contribution >= 4 is 22.3 Å². The molecule has 0 amide bonds. The number of methoxy groups -OCH3 is 1. The van der Waals surface area contributed by atoms with Crippen LogP contribution in [0.1, 0.15) is 25.1 Å². The van der Waals surface area contributed by atoms with Crippen molar-refractivity contribution < 1.29 is 14.5 Å². The maximum atomic E-state index is 11.6. The Morgan fingerprint density at radius 3 is 2.68 bits per heavy atom. The molecule has 19 heavy (non-hydrogen) atoms. The van der Waals surface area contributed by atoms with Gasteiger partial charge in [-0.05, 0) is 18.4 Å². The summed E-state index contributed by atoms with van der Waals surface area (Å²) in [5, 5.41) is 13.8. The molecule has 6 nitrogen and oxygen atoms in total. The molecule has 1 rings (SSSR count). The van der Waals surface area contributed by atoms with E-state index in [1.807, 2.05) is 13.8 Å². The Morgan fingerprint density at radius 2 is 2.21 bits per heavy atom. The van der Waals surface area contributed by atoms with E-state index < -0.39 is 4.92 Å². The van der Waals surface area contributed by atoms with Crippen LogP contribution in [-0.2, 0) is 16.1 Å². The molecule has 7 heteroatoms. The van der Waals surface area contributed by atoms with Gasteiger partial charge in [0.2, 0.25) is 0 Å². The highest BCUT2D eigenvalue weighted by molar-refractivity contribution is 7.15. The van der Waals surface area contributed by atoms with Crippen molar-refractivity contribution in [2.45, 2.75) is 32.9 Å². The summed E-state index contributed by atoms with van der Waals surface area (Å²) in [4.78, 5) is 22.6. The van der Waals surface area contributed by atoms with Gasteiger partial charge >= 0.3 is 11.0 Å². The SMILES string of the molecule is COC(=O)C(CC(C)C)NCc1ccc([N+](=O)[O-])s1.